The first kappa shape index (κ1) is 16.1. The molecule has 0 spiro atoms. The quantitative estimate of drug-likeness (QED) is 0.867. The van der Waals surface area contributed by atoms with Gasteiger partial charge < -0.3 is 15.1 Å². The number of nitrogens with zero attached hydrogens (tertiary/aromatic N) is 2. The minimum absolute atomic E-state index is 0.313. The standard InChI is InChI=1S/C17H19ClN2O3S/c18-11-3-4-12-13(7-11)24-16(19-12)20-6-5-14(21)17(9-20,15(22)23)8-10-1-2-10/h3-4,7,10,14,21H,1-2,5-6,8-9H2,(H,22,23)/t14?,17-/m0/s1. The number of hydrogen-bond donors (Lipinski definition) is 2. The van der Waals surface area contributed by atoms with Crippen molar-refractivity contribution in [3.8, 4) is 0 Å². The fraction of sp³-hybridized carbons (Fsp3) is 0.529. The smallest absolute Gasteiger partial charge is 0.314 e. The highest BCUT2D eigenvalue weighted by molar-refractivity contribution is 7.22. The molecule has 4 rings (SSSR count). The maximum absolute atomic E-state index is 12.0. The lowest BCUT2D eigenvalue weighted by molar-refractivity contribution is -0.158. The molecule has 2 fully saturated rings. The van der Waals surface area contributed by atoms with Gasteiger partial charge in [0.2, 0.25) is 0 Å². The molecule has 1 saturated carbocycles. The molecule has 2 atom stereocenters. The van der Waals surface area contributed by atoms with Crippen molar-refractivity contribution in [2.24, 2.45) is 11.3 Å². The number of carbonyl (C=O) groups is 1. The summed E-state index contributed by atoms with van der Waals surface area (Å²) >= 11 is 7.56. The second-order valence-corrected chi connectivity index (χ2v) is 8.39. The molecule has 0 bridgehead atoms. The number of benzene rings is 1. The zero-order valence-corrected chi connectivity index (χ0v) is 14.7. The van der Waals surface area contributed by atoms with Gasteiger partial charge in [-0.05, 0) is 37.0 Å². The van der Waals surface area contributed by atoms with Gasteiger partial charge in [-0.2, -0.15) is 0 Å². The lowest BCUT2D eigenvalue weighted by atomic mass is 9.73. The zero-order chi connectivity index (χ0) is 16.9. The van der Waals surface area contributed by atoms with Gasteiger partial charge in [0.15, 0.2) is 5.13 Å². The molecule has 5 nitrogen and oxygen atoms in total. The van der Waals surface area contributed by atoms with E-state index in [0.29, 0.717) is 36.9 Å². The van der Waals surface area contributed by atoms with Gasteiger partial charge >= 0.3 is 5.97 Å². The van der Waals surface area contributed by atoms with E-state index in [1.807, 2.05) is 23.1 Å². The largest absolute Gasteiger partial charge is 0.481 e. The summed E-state index contributed by atoms with van der Waals surface area (Å²) in [6.07, 6.45) is 2.35. The molecule has 128 valence electrons. The molecule has 1 aromatic carbocycles. The molecule has 2 aromatic rings. The third-order valence-electron chi connectivity index (χ3n) is 5.17. The van der Waals surface area contributed by atoms with Crippen molar-refractivity contribution in [2.75, 3.05) is 18.0 Å². The van der Waals surface area contributed by atoms with Crippen LogP contribution in [0.2, 0.25) is 5.02 Å². The molecule has 24 heavy (non-hydrogen) atoms. The minimum atomic E-state index is -1.09. The van der Waals surface area contributed by atoms with Crippen molar-refractivity contribution in [1.29, 1.82) is 0 Å². The highest BCUT2D eigenvalue weighted by atomic mass is 35.5. The van der Waals surface area contributed by atoms with Crippen LogP contribution in [0, 0.1) is 11.3 Å². The van der Waals surface area contributed by atoms with E-state index in [4.69, 9.17) is 11.6 Å². The lowest BCUT2D eigenvalue weighted by Gasteiger charge is -2.43. The van der Waals surface area contributed by atoms with Crippen molar-refractivity contribution < 1.29 is 15.0 Å². The predicted octanol–water partition coefficient (Wildman–Crippen LogP) is 3.39. The average molecular weight is 367 g/mol. The van der Waals surface area contributed by atoms with Crippen LogP contribution in [-0.2, 0) is 4.79 Å². The Hall–Kier alpha value is -1.37. The number of carboxylic acid groups (broad SMARTS) is 1. The molecule has 2 N–H and O–H groups in total. The number of halogens is 1. The fourth-order valence-electron chi connectivity index (χ4n) is 3.60. The van der Waals surface area contributed by atoms with Gasteiger partial charge in [0.05, 0.1) is 16.3 Å². The van der Waals surface area contributed by atoms with E-state index in [0.717, 1.165) is 28.2 Å². The molecular formula is C17H19ClN2O3S. The summed E-state index contributed by atoms with van der Waals surface area (Å²) in [6.45, 7) is 0.933. The molecular weight excluding hydrogens is 348 g/mol. The molecule has 2 heterocycles. The molecule has 2 aliphatic rings. The minimum Gasteiger partial charge on any atom is -0.481 e. The van der Waals surface area contributed by atoms with E-state index in [1.54, 1.807) is 0 Å². The van der Waals surface area contributed by atoms with Crippen molar-refractivity contribution >= 4 is 44.3 Å². The Kier molecular flexibility index (Phi) is 3.94. The van der Waals surface area contributed by atoms with E-state index < -0.39 is 17.5 Å². The first-order chi connectivity index (χ1) is 11.5. The molecule has 0 amide bonds. The van der Waals surface area contributed by atoms with Gasteiger partial charge in [0.1, 0.15) is 5.41 Å². The molecule has 1 aliphatic carbocycles. The third-order valence-corrected chi connectivity index (χ3v) is 6.48. The Morgan fingerprint density at radius 1 is 1.42 bits per heavy atom. The molecule has 1 aliphatic heterocycles. The monoisotopic (exact) mass is 366 g/mol. The lowest BCUT2D eigenvalue weighted by Crippen LogP contribution is -2.56. The van der Waals surface area contributed by atoms with Crippen LogP contribution in [0.3, 0.4) is 0 Å². The molecule has 7 heteroatoms. The maximum Gasteiger partial charge on any atom is 0.314 e. The van der Waals surface area contributed by atoms with Gasteiger partial charge in [0.25, 0.3) is 0 Å². The Labute approximate surface area is 148 Å². The normalized spacial score (nSPS) is 27.6. The Bertz CT molecular complexity index is 791. The highest BCUT2D eigenvalue weighted by Crippen LogP contribution is 2.46. The summed E-state index contributed by atoms with van der Waals surface area (Å²) in [5.41, 5.74) is -0.219. The van der Waals surface area contributed by atoms with Crippen molar-refractivity contribution in [1.82, 2.24) is 4.98 Å². The third kappa shape index (κ3) is 2.76. The van der Waals surface area contributed by atoms with Crippen LogP contribution in [-0.4, -0.2) is 40.4 Å². The number of aromatic nitrogens is 1. The number of rotatable bonds is 4. The number of aliphatic hydroxyl groups excluding tert-OH is 1. The van der Waals surface area contributed by atoms with E-state index in [2.05, 4.69) is 4.98 Å². The van der Waals surface area contributed by atoms with Crippen molar-refractivity contribution in [3.05, 3.63) is 23.2 Å². The first-order valence-electron chi connectivity index (χ1n) is 8.20. The van der Waals surface area contributed by atoms with Crippen LogP contribution >= 0.6 is 22.9 Å². The van der Waals surface area contributed by atoms with E-state index in [1.165, 1.54) is 11.3 Å². The van der Waals surface area contributed by atoms with Crippen LogP contribution < -0.4 is 4.90 Å². The summed E-state index contributed by atoms with van der Waals surface area (Å²) in [5.74, 6) is -0.458. The molecule has 0 radical (unpaired) electrons. The van der Waals surface area contributed by atoms with Gasteiger partial charge in [-0.15, -0.1) is 0 Å². The maximum atomic E-state index is 12.0. The fourth-order valence-corrected chi connectivity index (χ4v) is 4.87. The Morgan fingerprint density at radius 2 is 2.21 bits per heavy atom. The Morgan fingerprint density at radius 3 is 2.92 bits per heavy atom. The Balaban J connectivity index is 1.66. The molecule has 1 unspecified atom stereocenters. The van der Waals surface area contributed by atoms with Crippen molar-refractivity contribution in [2.45, 2.75) is 31.8 Å². The number of thiazole rings is 1. The summed E-state index contributed by atoms with van der Waals surface area (Å²) < 4.78 is 0.992. The van der Waals surface area contributed by atoms with E-state index in [-0.39, 0.29) is 0 Å². The molecule has 1 saturated heterocycles. The van der Waals surface area contributed by atoms with Crippen LogP contribution in [0.1, 0.15) is 25.7 Å². The first-order valence-corrected chi connectivity index (χ1v) is 9.40. The van der Waals surface area contributed by atoms with Crippen molar-refractivity contribution in [3.63, 3.8) is 0 Å². The topological polar surface area (TPSA) is 73.7 Å². The predicted molar refractivity (Wildman–Crippen MR) is 94.9 cm³/mol. The number of hydrogen-bond acceptors (Lipinski definition) is 5. The molecule has 1 aromatic heterocycles. The van der Waals surface area contributed by atoms with Crippen LogP contribution in [0.4, 0.5) is 5.13 Å². The zero-order valence-electron chi connectivity index (χ0n) is 13.1. The van der Waals surface area contributed by atoms with E-state index in [9.17, 15) is 15.0 Å². The summed E-state index contributed by atoms with van der Waals surface area (Å²) in [5, 5.41) is 21.8. The highest BCUT2D eigenvalue weighted by Gasteiger charge is 2.52. The SMILES string of the molecule is O=C(O)[C@@]1(CC2CC2)CN(c2nc3ccc(Cl)cc3s2)CCC1O. The number of anilines is 1. The number of carboxylic acids is 1. The number of aliphatic carboxylic acids is 1. The van der Waals surface area contributed by atoms with Crippen LogP contribution in [0.15, 0.2) is 18.2 Å². The second kappa shape index (κ2) is 5.86. The van der Waals surface area contributed by atoms with Gasteiger partial charge in [0, 0.05) is 18.1 Å². The summed E-state index contributed by atoms with van der Waals surface area (Å²) in [7, 11) is 0. The second-order valence-electron chi connectivity index (χ2n) is 6.94. The summed E-state index contributed by atoms with van der Waals surface area (Å²) in [4.78, 5) is 18.7. The number of aliphatic hydroxyl groups is 1. The number of piperidine rings is 1. The van der Waals surface area contributed by atoms with Gasteiger partial charge in [-0.3, -0.25) is 4.79 Å². The van der Waals surface area contributed by atoms with Crippen LogP contribution in [0.25, 0.3) is 10.2 Å². The van der Waals surface area contributed by atoms with Crippen LogP contribution in [0.5, 0.6) is 0 Å². The summed E-state index contributed by atoms with van der Waals surface area (Å²) in [6, 6.07) is 5.57. The number of fused-ring (bicyclic) bond motifs is 1. The van der Waals surface area contributed by atoms with Gasteiger partial charge in [-0.25, -0.2) is 4.98 Å². The average Bonchev–Trinajstić information content (AvgIpc) is 3.25. The van der Waals surface area contributed by atoms with E-state index >= 15 is 0 Å². The van der Waals surface area contributed by atoms with Gasteiger partial charge in [-0.1, -0.05) is 35.8 Å².